The topological polar surface area (TPSA) is 75.3 Å². The summed E-state index contributed by atoms with van der Waals surface area (Å²) >= 11 is 3.31. The lowest BCUT2D eigenvalue weighted by Crippen LogP contribution is -2.49. The molecule has 7 heteroatoms. The summed E-state index contributed by atoms with van der Waals surface area (Å²) < 4.78 is 25.1. The van der Waals surface area contributed by atoms with Gasteiger partial charge in [0.25, 0.3) is 0 Å². The summed E-state index contributed by atoms with van der Waals surface area (Å²) in [6.45, 7) is 3.74. The van der Waals surface area contributed by atoms with Gasteiger partial charge in [0.05, 0.1) is 5.75 Å². The van der Waals surface area contributed by atoms with E-state index in [9.17, 15) is 13.2 Å². The lowest BCUT2D eigenvalue weighted by atomic mass is 9.95. The summed E-state index contributed by atoms with van der Waals surface area (Å²) in [6, 6.07) is 7.17. The number of hydrogen-bond acceptors (Lipinski definition) is 4. The minimum atomic E-state index is -3.47. The van der Waals surface area contributed by atoms with Crippen LogP contribution in [-0.2, 0) is 20.4 Å². The van der Waals surface area contributed by atoms with Gasteiger partial charge in [-0.2, -0.15) is 0 Å². The Morgan fingerprint density at radius 1 is 1.45 bits per heavy atom. The molecular formula is C15H21BrN2O3S. The maximum Gasteiger partial charge on any atom is 0.235 e. The van der Waals surface area contributed by atoms with Gasteiger partial charge in [0.1, 0.15) is 5.75 Å². The molecule has 2 N–H and O–H groups in total. The largest absolute Gasteiger partial charge is 0.352 e. The number of benzene rings is 1. The summed E-state index contributed by atoms with van der Waals surface area (Å²) in [5.74, 6) is -0.683. The van der Waals surface area contributed by atoms with Crippen molar-refractivity contribution < 1.29 is 13.2 Å². The van der Waals surface area contributed by atoms with Crippen LogP contribution >= 0.6 is 15.9 Å². The first-order chi connectivity index (χ1) is 10.4. The number of carbonyl (C=O) groups excluding carboxylic acids is 1. The maximum absolute atomic E-state index is 12.2. The molecular weight excluding hydrogens is 368 g/mol. The van der Waals surface area contributed by atoms with Crippen LogP contribution in [0.5, 0.6) is 0 Å². The number of nitrogens with one attached hydrogen (secondary N) is 2. The van der Waals surface area contributed by atoms with Gasteiger partial charge in [0.15, 0.2) is 9.84 Å². The first-order valence-corrected chi connectivity index (χ1v) is 9.92. The Balaban J connectivity index is 1.92. The smallest absolute Gasteiger partial charge is 0.235 e. The molecule has 0 radical (unpaired) electrons. The van der Waals surface area contributed by atoms with E-state index >= 15 is 0 Å². The Kier molecular flexibility index (Phi) is 6.00. The van der Waals surface area contributed by atoms with Crippen molar-refractivity contribution in [3.63, 3.8) is 0 Å². The molecule has 22 heavy (non-hydrogen) atoms. The Hall–Kier alpha value is -0.920. The van der Waals surface area contributed by atoms with Crippen LogP contribution in [0.15, 0.2) is 28.7 Å². The zero-order chi connectivity index (χ0) is 16.2. The number of amides is 1. The van der Waals surface area contributed by atoms with E-state index in [0.717, 1.165) is 24.0 Å². The van der Waals surface area contributed by atoms with E-state index in [1.807, 2.05) is 13.0 Å². The summed E-state index contributed by atoms with van der Waals surface area (Å²) in [6.07, 6.45) is 0.832. The molecule has 0 spiro atoms. The molecule has 1 aliphatic heterocycles. The number of rotatable bonds is 5. The second-order valence-corrected chi connectivity index (χ2v) is 8.79. The molecule has 0 bridgehead atoms. The Morgan fingerprint density at radius 2 is 2.23 bits per heavy atom. The van der Waals surface area contributed by atoms with Crippen molar-refractivity contribution in [3.05, 3.63) is 34.3 Å². The van der Waals surface area contributed by atoms with Crippen molar-refractivity contribution in [1.82, 2.24) is 10.6 Å². The number of piperidine rings is 1. The van der Waals surface area contributed by atoms with E-state index in [1.165, 1.54) is 0 Å². The zero-order valence-corrected chi connectivity index (χ0v) is 14.9. The maximum atomic E-state index is 12.2. The highest BCUT2D eigenvalue weighted by molar-refractivity contribution is 9.10. The molecule has 1 aromatic rings. The van der Waals surface area contributed by atoms with Gasteiger partial charge in [-0.15, -0.1) is 0 Å². The fourth-order valence-corrected chi connectivity index (χ4v) is 4.33. The standard InChI is InChI=1S/C15H21BrN2O3S/c1-11-8-17-6-5-14(11)18-15(19)10-22(20,21)9-12-3-2-4-13(16)7-12/h2-4,7,11,14,17H,5-6,8-10H2,1H3,(H,18,19). The summed E-state index contributed by atoms with van der Waals surface area (Å²) in [5, 5.41) is 6.10. The quantitative estimate of drug-likeness (QED) is 0.800. The van der Waals surface area contributed by atoms with Gasteiger partial charge >= 0.3 is 0 Å². The van der Waals surface area contributed by atoms with Crippen LogP contribution in [0.2, 0.25) is 0 Å². The van der Waals surface area contributed by atoms with E-state index in [-0.39, 0.29) is 11.8 Å². The fraction of sp³-hybridized carbons (Fsp3) is 0.533. The van der Waals surface area contributed by atoms with Crippen LogP contribution in [0, 0.1) is 5.92 Å². The van der Waals surface area contributed by atoms with Gasteiger partial charge in [0.2, 0.25) is 5.91 Å². The lowest BCUT2D eigenvalue weighted by Gasteiger charge is -2.30. The summed E-state index contributed by atoms with van der Waals surface area (Å²) in [4.78, 5) is 12.0. The van der Waals surface area contributed by atoms with Gasteiger partial charge < -0.3 is 10.6 Å². The molecule has 2 atom stereocenters. The second kappa shape index (κ2) is 7.57. The van der Waals surface area contributed by atoms with Crippen LogP contribution in [0.1, 0.15) is 18.9 Å². The molecule has 1 fully saturated rings. The van der Waals surface area contributed by atoms with E-state index in [2.05, 4.69) is 26.6 Å². The Morgan fingerprint density at radius 3 is 2.91 bits per heavy atom. The van der Waals surface area contributed by atoms with Crippen molar-refractivity contribution in [2.24, 2.45) is 5.92 Å². The summed E-state index contributed by atoms with van der Waals surface area (Å²) in [5.41, 5.74) is 0.678. The first-order valence-electron chi connectivity index (χ1n) is 7.31. The molecule has 0 saturated carbocycles. The van der Waals surface area contributed by atoms with Crippen LogP contribution in [0.25, 0.3) is 0 Å². The van der Waals surface area contributed by atoms with Gasteiger partial charge in [-0.05, 0) is 43.1 Å². The van der Waals surface area contributed by atoms with Crippen LogP contribution in [0.3, 0.4) is 0 Å². The molecule has 1 aliphatic rings. The third kappa shape index (κ3) is 5.37. The van der Waals surface area contributed by atoms with Crippen molar-refractivity contribution in [2.45, 2.75) is 25.1 Å². The number of hydrogen-bond donors (Lipinski definition) is 2. The third-order valence-corrected chi connectivity index (χ3v) is 5.73. The van der Waals surface area contributed by atoms with Gasteiger partial charge in [-0.25, -0.2) is 8.42 Å². The average Bonchev–Trinajstić information content (AvgIpc) is 2.40. The highest BCUT2D eigenvalue weighted by Gasteiger charge is 2.25. The highest BCUT2D eigenvalue weighted by Crippen LogP contribution is 2.15. The van der Waals surface area contributed by atoms with Crippen LogP contribution < -0.4 is 10.6 Å². The van der Waals surface area contributed by atoms with Gasteiger partial charge in [-0.3, -0.25) is 4.79 Å². The Bertz CT molecular complexity index is 633. The minimum absolute atomic E-state index is 0.0508. The minimum Gasteiger partial charge on any atom is -0.352 e. The first kappa shape index (κ1) is 17.4. The highest BCUT2D eigenvalue weighted by atomic mass is 79.9. The lowest BCUT2D eigenvalue weighted by molar-refractivity contribution is -0.119. The molecule has 1 aromatic carbocycles. The predicted octanol–water partition coefficient (Wildman–Crippen LogP) is 1.48. The molecule has 0 aliphatic carbocycles. The molecule has 1 amide bonds. The predicted molar refractivity (Wildman–Crippen MR) is 90.2 cm³/mol. The van der Waals surface area contributed by atoms with E-state index in [0.29, 0.717) is 11.5 Å². The van der Waals surface area contributed by atoms with Crippen LogP contribution in [-0.4, -0.2) is 39.2 Å². The molecule has 1 saturated heterocycles. The molecule has 2 rings (SSSR count). The third-order valence-electron chi connectivity index (χ3n) is 3.76. The molecule has 1 heterocycles. The fourth-order valence-electron chi connectivity index (χ4n) is 2.61. The number of sulfone groups is 1. The molecule has 2 unspecified atom stereocenters. The number of carbonyl (C=O) groups is 1. The number of halogens is 1. The van der Waals surface area contributed by atoms with Gasteiger partial charge in [0, 0.05) is 10.5 Å². The van der Waals surface area contributed by atoms with E-state index in [1.54, 1.807) is 18.2 Å². The Labute approximate surface area is 139 Å². The van der Waals surface area contributed by atoms with Gasteiger partial charge in [-0.1, -0.05) is 35.0 Å². The molecule has 5 nitrogen and oxygen atoms in total. The van der Waals surface area contributed by atoms with Crippen molar-refractivity contribution >= 4 is 31.7 Å². The van der Waals surface area contributed by atoms with Crippen LogP contribution in [0.4, 0.5) is 0 Å². The van der Waals surface area contributed by atoms with E-state index < -0.39 is 21.5 Å². The normalized spacial score (nSPS) is 22.3. The monoisotopic (exact) mass is 388 g/mol. The second-order valence-electron chi connectivity index (χ2n) is 5.81. The van der Waals surface area contributed by atoms with Crippen molar-refractivity contribution in [1.29, 1.82) is 0 Å². The zero-order valence-electron chi connectivity index (χ0n) is 12.5. The van der Waals surface area contributed by atoms with E-state index in [4.69, 9.17) is 0 Å². The SMILES string of the molecule is CC1CNCCC1NC(=O)CS(=O)(=O)Cc1cccc(Br)c1. The van der Waals surface area contributed by atoms with Crippen molar-refractivity contribution in [2.75, 3.05) is 18.8 Å². The summed E-state index contributed by atoms with van der Waals surface area (Å²) in [7, 11) is -3.47. The average molecular weight is 389 g/mol. The van der Waals surface area contributed by atoms with Crippen molar-refractivity contribution in [3.8, 4) is 0 Å². The molecule has 0 aromatic heterocycles. The molecule has 122 valence electrons.